The van der Waals surface area contributed by atoms with E-state index in [1.807, 2.05) is 44.2 Å². The van der Waals surface area contributed by atoms with E-state index < -0.39 is 5.97 Å². The SMILES string of the molecule is Bc1ccc(-c2csc(NC(=O)c3ccc(CCC)cc3)c2C(=O)O)cc1. The number of anilines is 1. The molecule has 0 aliphatic heterocycles. The molecule has 1 amide bonds. The molecule has 4 nitrogen and oxygen atoms in total. The van der Waals surface area contributed by atoms with Crippen LogP contribution in [0.4, 0.5) is 5.00 Å². The van der Waals surface area contributed by atoms with E-state index in [1.165, 1.54) is 16.9 Å². The van der Waals surface area contributed by atoms with Gasteiger partial charge in [0, 0.05) is 16.5 Å². The molecule has 1 aromatic heterocycles. The minimum absolute atomic E-state index is 0.125. The number of benzene rings is 2. The Morgan fingerprint density at radius 1 is 1.07 bits per heavy atom. The van der Waals surface area contributed by atoms with Gasteiger partial charge in [-0.3, -0.25) is 4.79 Å². The van der Waals surface area contributed by atoms with Gasteiger partial charge >= 0.3 is 5.97 Å². The van der Waals surface area contributed by atoms with Crippen LogP contribution in [0.25, 0.3) is 11.1 Å². The number of carboxylic acids is 1. The molecule has 2 N–H and O–H groups in total. The van der Waals surface area contributed by atoms with Crippen molar-refractivity contribution in [1.82, 2.24) is 0 Å². The van der Waals surface area contributed by atoms with Gasteiger partial charge < -0.3 is 10.4 Å². The fourth-order valence-corrected chi connectivity index (χ4v) is 3.85. The summed E-state index contributed by atoms with van der Waals surface area (Å²) in [6.45, 7) is 2.11. The Labute approximate surface area is 163 Å². The Morgan fingerprint density at radius 2 is 1.74 bits per heavy atom. The van der Waals surface area contributed by atoms with Gasteiger partial charge in [-0.2, -0.15) is 0 Å². The van der Waals surface area contributed by atoms with Crippen LogP contribution in [-0.2, 0) is 6.42 Å². The number of nitrogens with one attached hydrogen (secondary N) is 1. The Bertz CT molecular complexity index is 962. The molecule has 0 bridgehead atoms. The molecule has 0 saturated heterocycles. The fourth-order valence-electron chi connectivity index (χ4n) is 2.89. The average molecular weight is 377 g/mol. The zero-order chi connectivity index (χ0) is 19.4. The third-order valence-corrected chi connectivity index (χ3v) is 5.24. The first-order valence-corrected chi connectivity index (χ1v) is 9.69. The van der Waals surface area contributed by atoms with E-state index in [0.29, 0.717) is 16.1 Å². The Balaban J connectivity index is 1.87. The van der Waals surface area contributed by atoms with Gasteiger partial charge in [0.25, 0.3) is 5.91 Å². The van der Waals surface area contributed by atoms with Crippen molar-refractivity contribution in [3.8, 4) is 11.1 Å². The number of carbonyl (C=O) groups is 2. The second kappa shape index (κ2) is 8.23. The van der Waals surface area contributed by atoms with Gasteiger partial charge in [-0.15, -0.1) is 11.3 Å². The number of amides is 1. The maximum Gasteiger partial charge on any atom is 0.339 e. The number of aromatic carboxylic acids is 1. The van der Waals surface area contributed by atoms with E-state index in [1.54, 1.807) is 17.5 Å². The van der Waals surface area contributed by atoms with Gasteiger partial charge in [0.05, 0.1) is 0 Å². The molecule has 0 aliphatic carbocycles. The summed E-state index contributed by atoms with van der Waals surface area (Å²) >= 11 is 1.23. The molecule has 27 heavy (non-hydrogen) atoms. The number of rotatable bonds is 6. The van der Waals surface area contributed by atoms with E-state index in [9.17, 15) is 14.7 Å². The molecule has 0 spiro atoms. The lowest BCUT2D eigenvalue weighted by molar-refractivity contribution is 0.0699. The van der Waals surface area contributed by atoms with Crippen molar-refractivity contribution >= 4 is 41.5 Å². The summed E-state index contributed by atoms with van der Waals surface area (Å²) in [4.78, 5) is 24.4. The standard InChI is InChI=1S/C21H20BNO3S/c1-2-3-13-4-6-15(7-5-13)19(24)23-20-18(21(25)26)17(12-27-20)14-8-10-16(22)11-9-14/h4-12H,2-3,22H2,1H3,(H,23,24)(H,25,26). The topological polar surface area (TPSA) is 66.4 Å². The van der Waals surface area contributed by atoms with Crippen molar-refractivity contribution in [3.05, 3.63) is 70.6 Å². The summed E-state index contributed by atoms with van der Waals surface area (Å²) in [5.41, 5.74) is 4.35. The first kappa shape index (κ1) is 18.9. The lowest BCUT2D eigenvalue weighted by Crippen LogP contribution is -2.13. The molecule has 6 heteroatoms. The van der Waals surface area contributed by atoms with Crippen LogP contribution in [0.3, 0.4) is 0 Å². The minimum Gasteiger partial charge on any atom is -0.478 e. The van der Waals surface area contributed by atoms with Crippen LogP contribution in [0, 0.1) is 0 Å². The van der Waals surface area contributed by atoms with Gasteiger partial charge in [-0.25, -0.2) is 4.79 Å². The molecular weight excluding hydrogens is 357 g/mol. The molecule has 0 unspecified atom stereocenters. The number of carbonyl (C=O) groups excluding carboxylic acids is 1. The van der Waals surface area contributed by atoms with Crippen molar-refractivity contribution < 1.29 is 14.7 Å². The van der Waals surface area contributed by atoms with E-state index in [0.717, 1.165) is 23.9 Å². The van der Waals surface area contributed by atoms with Gasteiger partial charge in [-0.1, -0.05) is 55.2 Å². The van der Waals surface area contributed by atoms with Crippen LogP contribution in [0.15, 0.2) is 53.9 Å². The predicted molar refractivity (Wildman–Crippen MR) is 113 cm³/mol. The number of hydrogen-bond acceptors (Lipinski definition) is 3. The maximum absolute atomic E-state index is 12.6. The third-order valence-electron chi connectivity index (χ3n) is 4.35. The molecule has 2 aromatic carbocycles. The van der Waals surface area contributed by atoms with Crippen LogP contribution >= 0.6 is 11.3 Å². The smallest absolute Gasteiger partial charge is 0.339 e. The van der Waals surface area contributed by atoms with Crippen molar-refractivity contribution in [2.24, 2.45) is 0 Å². The number of hydrogen-bond donors (Lipinski definition) is 2. The lowest BCUT2D eigenvalue weighted by atomic mass is 9.93. The van der Waals surface area contributed by atoms with Crippen molar-refractivity contribution in [1.29, 1.82) is 0 Å². The van der Waals surface area contributed by atoms with Crippen LogP contribution in [-0.4, -0.2) is 24.8 Å². The van der Waals surface area contributed by atoms with E-state index >= 15 is 0 Å². The summed E-state index contributed by atoms with van der Waals surface area (Å²) in [6.07, 6.45) is 2.01. The van der Waals surface area contributed by atoms with Gasteiger partial charge in [-0.05, 0) is 29.7 Å². The zero-order valence-corrected chi connectivity index (χ0v) is 16.1. The number of thiophene rings is 1. The third kappa shape index (κ3) is 4.28. The number of carboxylic acid groups (broad SMARTS) is 1. The largest absolute Gasteiger partial charge is 0.478 e. The zero-order valence-electron chi connectivity index (χ0n) is 15.3. The normalized spacial score (nSPS) is 10.6. The van der Waals surface area contributed by atoms with Gasteiger partial charge in [0.2, 0.25) is 0 Å². The van der Waals surface area contributed by atoms with Gasteiger partial charge in [0.1, 0.15) is 18.4 Å². The second-order valence-corrected chi connectivity index (χ2v) is 7.31. The highest BCUT2D eigenvalue weighted by Gasteiger charge is 2.21. The van der Waals surface area contributed by atoms with E-state index in [2.05, 4.69) is 12.2 Å². The summed E-state index contributed by atoms with van der Waals surface area (Å²) < 4.78 is 0. The Kier molecular flexibility index (Phi) is 5.77. The van der Waals surface area contributed by atoms with Crippen LogP contribution in [0.5, 0.6) is 0 Å². The van der Waals surface area contributed by atoms with Crippen molar-refractivity contribution in [2.45, 2.75) is 19.8 Å². The van der Waals surface area contributed by atoms with Crippen LogP contribution in [0.1, 0.15) is 39.6 Å². The molecule has 3 aromatic rings. The van der Waals surface area contributed by atoms with E-state index in [4.69, 9.17) is 0 Å². The molecule has 0 radical (unpaired) electrons. The van der Waals surface area contributed by atoms with Gasteiger partial charge in [0.15, 0.2) is 0 Å². The second-order valence-electron chi connectivity index (χ2n) is 6.43. The molecule has 0 fully saturated rings. The predicted octanol–water partition coefficient (Wildman–Crippen LogP) is 3.58. The highest BCUT2D eigenvalue weighted by Crippen LogP contribution is 2.35. The van der Waals surface area contributed by atoms with Crippen LogP contribution < -0.4 is 10.8 Å². The lowest BCUT2D eigenvalue weighted by Gasteiger charge is -2.07. The minimum atomic E-state index is -1.06. The highest BCUT2D eigenvalue weighted by molar-refractivity contribution is 7.15. The van der Waals surface area contributed by atoms with Crippen LogP contribution in [0.2, 0.25) is 0 Å². The monoisotopic (exact) mass is 377 g/mol. The fraction of sp³-hybridized carbons (Fsp3) is 0.143. The summed E-state index contributed by atoms with van der Waals surface area (Å²) in [5, 5.41) is 14.6. The molecular formula is C21H20BNO3S. The average Bonchev–Trinajstić information content (AvgIpc) is 3.07. The summed E-state index contributed by atoms with van der Waals surface area (Å²) in [6, 6.07) is 15.1. The highest BCUT2D eigenvalue weighted by atomic mass is 32.1. The van der Waals surface area contributed by atoms with E-state index in [-0.39, 0.29) is 11.5 Å². The first-order chi connectivity index (χ1) is 13.0. The molecule has 136 valence electrons. The molecule has 3 rings (SSSR count). The maximum atomic E-state index is 12.6. The quantitative estimate of drug-likeness (QED) is 0.646. The Morgan fingerprint density at radius 3 is 2.33 bits per heavy atom. The molecule has 0 atom stereocenters. The van der Waals surface area contributed by atoms with Crippen molar-refractivity contribution in [3.63, 3.8) is 0 Å². The summed E-state index contributed by atoms with van der Waals surface area (Å²) in [7, 11) is 1.98. The molecule has 0 saturated carbocycles. The van der Waals surface area contributed by atoms with Crippen molar-refractivity contribution in [2.75, 3.05) is 5.32 Å². The molecule has 0 aliphatic rings. The summed E-state index contributed by atoms with van der Waals surface area (Å²) in [5.74, 6) is -1.36. The first-order valence-electron chi connectivity index (χ1n) is 8.81. The molecule has 1 heterocycles. The Hall–Kier alpha value is -2.86. The number of aryl methyl sites for hydroxylation is 1.